The lowest BCUT2D eigenvalue weighted by molar-refractivity contribution is -0.302. The summed E-state index contributed by atoms with van der Waals surface area (Å²) < 4.78 is 11.2. The van der Waals surface area contributed by atoms with Gasteiger partial charge in [0.1, 0.15) is 24.4 Å². The molecule has 0 radical (unpaired) electrons. The van der Waals surface area contributed by atoms with Crippen molar-refractivity contribution in [2.75, 3.05) is 13.2 Å². The van der Waals surface area contributed by atoms with Crippen LogP contribution in [0.2, 0.25) is 0 Å². The summed E-state index contributed by atoms with van der Waals surface area (Å²) in [6.45, 7) is 3.63. The normalized spacial score (nSPS) is 19.7. The minimum absolute atomic E-state index is 0.195. The molecule has 1 fully saturated rings. The summed E-state index contributed by atoms with van der Waals surface area (Å²) in [4.78, 5) is 13.1. The first-order valence-electron chi connectivity index (χ1n) is 30.8. The highest BCUT2D eigenvalue weighted by Crippen LogP contribution is 2.23. The van der Waals surface area contributed by atoms with Gasteiger partial charge >= 0.3 is 0 Å². The molecule has 9 nitrogen and oxygen atoms in total. The average Bonchev–Trinajstić information content (AvgIpc) is 3.42. The molecule has 76 heavy (non-hydrogen) atoms. The molecule has 6 N–H and O–H groups in total. The largest absolute Gasteiger partial charge is 0.394 e. The van der Waals surface area contributed by atoms with Crippen LogP contribution in [0, 0.1) is 0 Å². The SMILES string of the molecule is CC/C=C\C/C=C\C/C=C\C/C=C\C/C=C\C/C=C\C/C=C\CCCCCCCCCCCCCCCCCC(=O)NC(COC1OC(CO)C(O)C(O)C1O)C(O)/C=C/CC/C=C/CC/C=C/CCCCCCCC. The maximum Gasteiger partial charge on any atom is 0.220 e. The standard InChI is InChI=1S/C67H113NO8/c1-3-5-7-9-11-13-15-17-19-21-22-23-24-25-26-27-28-29-30-31-32-33-34-35-36-37-38-39-40-41-43-45-47-49-51-53-55-57-63(71)68-60(59-75-67-66(74)65(73)64(72)62(58-69)76-67)61(70)56-54-52-50-48-46-44-42-20-18-16-14-12-10-8-6-4-2/h5,7,11,13,17-20,22-23,25-26,28-29,31-32,46,48,54,56,60-62,64-67,69-70,72-74H,3-4,6,8-10,12,14-16,21,24,27,30,33-45,47,49-53,55,57-59H2,1-2H3,(H,68,71)/b7-5-,13-11-,19-17-,20-18+,23-22-,26-25-,29-28-,32-31-,48-46+,56-54+. The van der Waals surface area contributed by atoms with Gasteiger partial charge in [-0.25, -0.2) is 0 Å². The molecule has 1 aliphatic rings. The van der Waals surface area contributed by atoms with Crippen molar-refractivity contribution in [2.45, 2.75) is 281 Å². The molecule has 1 amide bonds. The molecular weight excluding hydrogens is 947 g/mol. The van der Waals surface area contributed by atoms with Crippen molar-refractivity contribution < 1.29 is 39.8 Å². The summed E-state index contributed by atoms with van der Waals surface area (Å²) in [7, 11) is 0. The maximum absolute atomic E-state index is 13.1. The van der Waals surface area contributed by atoms with E-state index in [4.69, 9.17) is 9.47 Å². The van der Waals surface area contributed by atoms with Gasteiger partial charge in [-0.2, -0.15) is 0 Å². The Bertz CT molecular complexity index is 1610. The van der Waals surface area contributed by atoms with Crippen molar-refractivity contribution >= 4 is 5.91 Å². The zero-order valence-electron chi connectivity index (χ0n) is 48.2. The predicted molar refractivity (Wildman–Crippen MR) is 322 cm³/mol. The predicted octanol–water partition coefficient (Wildman–Crippen LogP) is 15.9. The van der Waals surface area contributed by atoms with Crippen LogP contribution in [-0.2, 0) is 14.3 Å². The van der Waals surface area contributed by atoms with Crippen LogP contribution in [0.5, 0.6) is 0 Å². The van der Waals surface area contributed by atoms with E-state index in [-0.39, 0.29) is 12.5 Å². The number of amides is 1. The quantitative estimate of drug-likeness (QED) is 0.0261. The molecule has 0 spiro atoms. The molecule has 1 rings (SSSR count). The number of allylic oxidation sites excluding steroid dienone is 19. The first-order chi connectivity index (χ1) is 37.3. The van der Waals surface area contributed by atoms with Gasteiger partial charge in [0, 0.05) is 6.42 Å². The second-order valence-corrected chi connectivity index (χ2v) is 20.7. The Kier molecular flexibility index (Phi) is 51.0. The van der Waals surface area contributed by atoms with Gasteiger partial charge in [-0.3, -0.25) is 4.79 Å². The molecular formula is C67H113NO8. The van der Waals surface area contributed by atoms with Crippen LogP contribution in [0.25, 0.3) is 0 Å². The van der Waals surface area contributed by atoms with E-state index in [1.165, 1.54) is 122 Å². The molecule has 0 aromatic rings. The van der Waals surface area contributed by atoms with Crippen molar-refractivity contribution in [2.24, 2.45) is 0 Å². The van der Waals surface area contributed by atoms with Crippen molar-refractivity contribution in [1.29, 1.82) is 0 Å². The zero-order valence-corrected chi connectivity index (χ0v) is 48.2. The molecule has 1 heterocycles. The number of nitrogens with one attached hydrogen (secondary N) is 1. The number of unbranched alkanes of at least 4 members (excludes halogenated alkanes) is 23. The van der Waals surface area contributed by atoms with E-state index in [0.29, 0.717) is 6.42 Å². The van der Waals surface area contributed by atoms with E-state index < -0.39 is 49.5 Å². The number of carbonyl (C=O) groups is 1. The van der Waals surface area contributed by atoms with E-state index in [1.54, 1.807) is 6.08 Å². The van der Waals surface area contributed by atoms with Gasteiger partial charge in [0.25, 0.3) is 0 Å². The third-order valence-electron chi connectivity index (χ3n) is 13.7. The van der Waals surface area contributed by atoms with E-state index in [0.717, 1.165) is 96.3 Å². The number of aliphatic hydroxyl groups excluding tert-OH is 5. The van der Waals surface area contributed by atoms with Crippen molar-refractivity contribution in [1.82, 2.24) is 5.32 Å². The molecule has 0 bridgehead atoms. The molecule has 7 atom stereocenters. The van der Waals surface area contributed by atoms with Gasteiger partial charge in [0.15, 0.2) is 6.29 Å². The Morgan fingerprint density at radius 2 is 0.829 bits per heavy atom. The minimum atomic E-state index is -1.58. The van der Waals surface area contributed by atoms with E-state index >= 15 is 0 Å². The third-order valence-corrected chi connectivity index (χ3v) is 13.7. The van der Waals surface area contributed by atoms with Crippen LogP contribution in [0.3, 0.4) is 0 Å². The number of hydrogen-bond donors (Lipinski definition) is 6. The smallest absolute Gasteiger partial charge is 0.220 e. The van der Waals surface area contributed by atoms with Gasteiger partial charge in [-0.05, 0) is 103 Å². The Morgan fingerprint density at radius 3 is 1.26 bits per heavy atom. The van der Waals surface area contributed by atoms with Gasteiger partial charge in [0.2, 0.25) is 5.91 Å². The molecule has 0 aromatic carbocycles. The monoisotopic (exact) mass is 1060 g/mol. The van der Waals surface area contributed by atoms with Crippen LogP contribution in [-0.4, -0.2) is 87.5 Å². The molecule has 1 aliphatic heterocycles. The summed E-state index contributed by atoms with van der Waals surface area (Å²) in [6.07, 6.45) is 75.6. The Balaban J connectivity index is 2.15. The lowest BCUT2D eigenvalue weighted by Crippen LogP contribution is -2.60. The molecule has 1 saturated heterocycles. The van der Waals surface area contributed by atoms with Crippen molar-refractivity contribution in [3.05, 3.63) is 122 Å². The molecule has 434 valence electrons. The minimum Gasteiger partial charge on any atom is -0.394 e. The van der Waals surface area contributed by atoms with E-state index in [1.807, 2.05) is 6.08 Å². The lowest BCUT2D eigenvalue weighted by Gasteiger charge is -2.40. The fourth-order valence-corrected chi connectivity index (χ4v) is 8.93. The van der Waals surface area contributed by atoms with Crippen molar-refractivity contribution in [3.8, 4) is 0 Å². The van der Waals surface area contributed by atoms with Crippen LogP contribution >= 0.6 is 0 Å². The van der Waals surface area contributed by atoms with Gasteiger partial charge < -0.3 is 40.3 Å². The Morgan fingerprint density at radius 1 is 0.461 bits per heavy atom. The first-order valence-corrected chi connectivity index (χ1v) is 30.8. The summed E-state index contributed by atoms with van der Waals surface area (Å²) in [5, 5.41) is 54.5. The summed E-state index contributed by atoms with van der Waals surface area (Å²) in [5.74, 6) is -0.195. The Hall–Kier alpha value is -3.41. The maximum atomic E-state index is 13.1. The van der Waals surface area contributed by atoms with Gasteiger partial charge in [-0.1, -0.05) is 251 Å². The first kappa shape index (κ1) is 70.6. The number of rotatable bonds is 51. The number of hydrogen-bond acceptors (Lipinski definition) is 8. The molecule has 0 saturated carbocycles. The zero-order chi connectivity index (χ0) is 55.0. The van der Waals surface area contributed by atoms with Gasteiger partial charge in [0.05, 0.1) is 25.4 Å². The summed E-state index contributed by atoms with van der Waals surface area (Å²) in [5.41, 5.74) is 0. The molecule has 7 unspecified atom stereocenters. The topological polar surface area (TPSA) is 149 Å². The fraction of sp³-hybridized carbons (Fsp3) is 0.687. The van der Waals surface area contributed by atoms with Crippen LogP contribution in [0.15, 0.2) is 122 Å². The van der Waals surface area contributed by atoms with E-state index in [9.17, 15) is 30.3 Å². The molecule has 9 heteroatoms. The van der Waals surface area contributed by atoms with Crippen LogP contribution in [0.1, 0.15) is 239 Å². The van der Waals surface area contributed by atoms with Gasteiger partial charge in [-0.15, -0.1) is 0 Å². The third kappa shape index (κ3) is 43.6. The second kappa shape index (κ2) is 54.9. The second-order valence-electron chi connectivity index (χ2n) is 20.7. The number of carbonyl (C=O) groups excluding carboxylic acids is 1. The number of aliphatic hydroxyl groups is 5. The van der Waals surface area contributed by atoms with Crippen LogP contribution in [0.4, 0.5) is 0 Å². The highest BCUT2D eigenvalue weighted by molar-refractivity contribution is 5.76. The number of ether oxygens (including phenoxy) is 2. The lowest BCUT2D eigenvalue weighted by atomic mass is 9.99. The molecule has 0 aliphatic carbocycles. The summed E-state index contributed by atoms with van der Waals surface area (Å²) in [6, 6.07) is -0.835. The summed E-state index contributed by atoms with van der Waals surface area (Å²) >= 11 is 0. The highest BCUT2D eigenvalue weighted by Gasteiger charge is 2.44. The average molecular weight is 1060 g/mol. The van der Waals surface area contributed by atoms with E-state index in [2.05, 4.69) is 129 Å². The van der Waals surface area contributed by atoms with Crippen molar-refractivity contribution in [3.63, 3.8) is 0 Å². The fourth-order valence-electron chi connectivity index (χ4n) is 8.93. The highest BCUT2D eigenvalue weighted by atomic mass is 16.7. The molecule has 0 aromatic heterocycles. The van der Waals surface area contributed by atoms with Crippen LogP contribution < -0.4 is 5.32 Å². The Labute approximate surface area is 465 Å².